The van der Waals surface area contributed by atoms with E-state index in [-0.39, 0.29) is 12.5 Å². The maximum absolute atomic E-state index is 11.9. The van der Waals surface area contributed by atoms with Crippen molar-refractivity contribution in [2.75, 3.05) is 26.3 Å². The molecule has 0 radical (unpaired) electrons. The van der Waals surface area contributed by atoms with E-state index in [9.17, 15) is 13.2 Å². The molecule has 16 heavy (non-hydrogen) atoms. The van der Waals surface area contributed by atoms with Crippen molar-refractivity contribution >= 4 is 0 Å². The molecule has 0 aromatic rings. The van der Waals surface area contributed by atoms with Gasteiger partial charge in [-0.3, -0.25) is 0 Å². The van der Waals surface area contributed by atoms with E-state index in [1.165, 1.54) is 0 Å². The van der Waals surface area contributed by atoms with Crippen LogP contribution in [0.3, 0.4) is 0 Å². The van der Waals surface area contributed by atoms with Crippen LogP contribution in [0.1, 0.15) is 33.1 Å². The molecule has 0 saturated heterocycles. The van der Waals surface area contributed by atoms with E-state index in [0.29, 0.717) is 0 Å². The first-order valence-corrected chi connectivity index (χ1v) is 5.84. The van der Waals surface area contributed by atoms with Crippen LogP contribution in [0.25, 0.3) is 0 Å². The lowest BCUT2D eigenvalue weighted by atomic mass is 10.1. The Kier molecular flexibility index (Phi) is 8.66. The van der Waals surface area contributed by atoms with Crippen LogP contribution < -0.4 is 5.32 Å². The van der Waals surface area contributed by atoms with Gasteiger partial charge in [0.15, 0.2) is 0 Å². The standard InChI is InChI=1S/C11H22F3NO/c1-3-5-10(7-15-6-4-2)8-16-9-11(12,13)14/h10,15H,3-9H2,1-2H3. The van der Waals surface area contributed by atoms with E-state index >= 15 is 0 Å². The average molecular weight is 241 g/mol. The van der Waals surface area contributed by atoms with E-state index in [0.717, 1.165) is 32.4 Å². The van der Waals surface area contributed by atoms with Crippen molar-refractivity contribution in [3.05, 3.63) is 0 Å². The summed E-state index contributed by atoms with van der Waals surface area (Å²) < 4.78 is 40.3. The normalized spacial score (nSPS) is 14.1. The molecule has 0 aliphatic carbocycles. The molecule has 0 spiro atoms. The first-order valence-electron chi connectivity index (χ1n) is 5.84. The highest BCUT2D eigenvalue weighted by Gasteiger charge is 2.27. The van der Waals surface area contributed by atoms with Crippen molar-refractivity contribution in [3.8, 4) is 0 Å². The Balaban J connectivity index is 3.67. The van der Waals surface area contributed by atoms with E-state index < -0.39 is 12.8 Å². The first-order chi connectivity index (χ1) is 7.49. The quantitative estimate of drug-likeness (QED) is 0.627. The molecule has 5 heteroatoms. The third kappa shape index (κ3) is 10.2. The van der Waals surface area contributed by atoms with E-state index in [4.69, 9.17) is 0 Å². The molecule has 0 fully saturated rings. The van der Waals surface area contributed by atoms with Crippen molar-refractivity contribution in [3.63, 3.8) is 0 Å². The molecule has 0 aromatic heterocycles. The molecule has 98 valence electrons. The van der Waals surface area contributed by atoms with Crippen LogP contribution in [-0.4, -0.2) is 32.5 Å². The monoisotopic (exact) mass is 241 g/mol. The summed E-state index contributed by atoms with van der Waals surface area (Å²) in [6.07, 6.45) is -1.32. The number of hydrogen-bond donors (Lipinski definition) is 1. The minimum atomic E-state index is -4.21. The zero-order valence-electron chi connectivity index (χ0n) is 10.1. The largest absolute Gasteiger partial charge is 0.411 e. The minimum Gasteiger partial charge on any atom is -0.372 e. The number of ether oxygens (including phenoxy) is 1. The topological polar surface area (TPSA) is 21.3 Å². The van der Waals surface area contributed by atoms with Crippen LogP contribution in [-0.2, 0) is 4.74 Å². The van der Waals surface area contributed by atoms with Gasteiger partial charge in [-0.15, -0.1) is 0 Å². The minimum absolute atomic E-state index is 0.180. The van der Waals surface area contributed by atoms with Crippen molar-refractivity contribution in [1.82, 2.24) is 5.32 Å². The van der Waals surface area contributed by atoms with Crippen LogP contribution in [0, 0.1) is 5.92 Å². The predicted molar refractivity (Wildman–Crippen MR) is 58.4 cm³/mol. The van der Waals surface area contributed by atoms with Gasteiger partial charge in [0.25, 0.3) is 0 Å². The summed E-state index contributed by atoms with van der Waals surface area (Å²) in [5, 5.41) is 3.21. The maximum Gasteiger partial charge on any atom is 0.411 e. The Labute approximate surface area is 95.5 Å². The Morgan fingerprint density at radius 2 is 1.88 bits per heavy atom. The third-order valence-electron chi connectivity index (χ3n) is 2.18. The Bertz CT molecular complexity index is 162. The predicted octanol–water partition coefficient (Wildman–Crippen LogP) is 2.98. The van der Waals surface area contributed by atoms with Crippen LogP contribution in [0.2, 0.25) is 0 Å². The molecule has 0 amide bonds. The molecule has 1 unspecified atom stereocenters. The molecule has 0 bridgehead atoms. The molecule has 1 N–H and O–H groups in total. The molecule has 0 rings (SSSR count). The van der Waals surface area contributed by atoms with Gasteiger partial charge in [0, 0.05) is 6.54 Å². The molecule has 0 aromatic carbocycles. The summed E-state index contributed by atoms with van der Waals surface area (Å²) in [7, 11) is 0. The van der Waals surface area contributed by atoms with Gasteiger partial charge in [0.05, 0.1) is 6.61 Å². The summed E-state index contributed by atoms with van der Waals surface area (Å²) >= 11 is 0. The second-order valence-electron chi connectivity index (χ2n) is 3.99. The van der Waals surface area contributed by atoms with Crippen molar-refractivity contribution in [2.45, 2.75) is 39.3 Å². The van der Waals surface area contributed by atoms with E-state index in [1.807, 2.05) is 6.92 Å². The van der Waals surface area contributed by atoms with Crippen molar-refractivity contribution in [1.29, 1.82) is 0 Å². The lowest BCUT2D eigenvalue weighted by Gasteiger charge is -2.17. The molecule has 0 aliphatic heterocycles. The Morgan fingerprint density at radius 3 is 2.38 bits per heavy atom. The van der Waals surface area contributed by atoms with Crippen molar-refractivity contribution < 1.29 is 17.9 Å². The molecule has 0 saturated carbocycles. The molecule has 0 heterocycles. The molecule has 0 aliphatic rings. The molecular weight excluding hydrogens is 219 g/mol. The second-order valence-corrected chi connectivity index (χ2v) is 3.99. The summed E-state index contributed by atoms with van der Waals surface area (Å²) in [6, 6.07) is 0. The fraction of sp³-hybridized carbons (Fsp3) is 1.00. The third-order valence-corrected chi connectivity index (χ3v) is 2.18. The summed E-state index contributed by atoms with van der Waals surface area (Å²) in [5.74, 6) is 0.180. The number of nitrogens with one attached hydrogen (secondary N) is 1. The van der Waals surface area contributed by atoms with Gasteiger partial charge in [-0.25, -0.2) is 0 Å². The maximum atomic E-state index is 11.9. The number of rotatable bonds is 9. The highest BCUT2D eigenvalue weighted by molar-refractivity contribution is 4.62. The Morgan fingerprint density at radius 1 is 1.19 bits per heavy atom. The number of alkyl halides is 3. The average Bonchev–Trinajstić information content (AvgIpc) is 2.16. The zero-order valence-corrected chi connectivity index (χ0v) is 10.1. The molecular formula is C11H22F3NO. The fourth-order valence-electron chi connectivity index (χ4n) is 1.48. The highest BCUT2D eigenvalue weighted by atomic mass is 19.4. The lowest BCUT2D eigenvalue weighted by Crippen LogP contribution is -2.28. The summed E-state index contributed by atoms with van der Waals surface area (Å²) in [5.41, 5.74) is 0. The van der Waals surface area contributed by atoms with Gasteiger partial charge in [-0.2, -0.15) is 13.2 Å². The van der Waals surface area contributed by atoms with Crippen LogP contribution in [0.5, 0.6) is 0 Å². The fourth-order valence-corrected chi connectivity index (χ4v) is 1.48. The van der Waals surface area contributed by atoms with Gasteiger partial charge in [-0.05, 0) is 25.3 Å². The van der Waals surface area contributed by atoms with E-state index in [2.05, 4.69) is 17.0 Å². The van der Waals surface area contributed by atoms with Gasteiger partial charge >= 0.3 is 6.18 Å². The Hall–Kier alpha value is -0.290. The summed E-state index contributed by atoms with van der Waals surface area (Å²) in [6.45, 7) is 4.77. The van der Waals surface area contributed by atoms with Gasteiger partial charge in [0.1, 0.15) is 6.61 Å². The number of halogens is 3. The lowest BCUT2D eigenvalue weighted by molar-refractivity contribution is -0.176. The van der Waals surface area contributed by atoms with Gasteiger partial charge < -0.3 is 10.1 Å². The van der Waals surface area contributed by atoms with Crippen LogP contribution in [0.4, 0.5) is 13.2 Å². The number of hydrogen-bond acceptors (Lipinski definition) is 2. The van der Waals surface area contributed by atoms with Gasteiger partial charge in [-0.1, -0.05) is 20.3 Å². The zero-order chi connectivity index (χ0) is 12.4. The van der Waals surface area contributed by atoms with Crippen LogP contribution in [0.15, 0.2) is 0 Å². The van der Waals surface area contributed by atoms with Gasteiger partial charge in [0.2, 0.25) is 0 Å². The van der Waals surface area contributed by atoms with Crippen molar-refractivity contribution in [2.24, 2.45) is 5.92 Å². The molecule has 2 nitrogen and oxygen atoms in total. The SMILES string of the molecule is CCCNCC(CCC)COCC(F)(F)F. The second kappa shape index (κ2) is 8.82. The highest BCUT2D eigenvalue weighted by Crippen LogP contribution is 2.15. The van der Waals surface area contributed by atoms with E-state index in [1.54, 1.807) is 0 Å². The first kappa shape index (κ1) is 15.7. The smallest absolute Gasteiger partial charge is 0.372 e. The van der Waals surface area contributed by atoms with Crippen LogP contribution >= 0.6 is 0 Å². The molecule has 1 atom stereocenters. The summed E-state index contributed by atoms with van der Waals surface area (Å²) in [4.78, 5) is 0.